The summed E-state index contributed by atoms with van der Waals surface area (Å²) in [5.74, 6) is 2.75. The number of aryl methyl sites for hydroxylation is 1. The monoisotopic (exact) mass is 294 g/mol. The summed E-state index contributed by atoms with van der Waals surface area (Å²) in [6, 6.07) is 0. The average Bonchev–Trinajstić information content (AvgIpc) is 2.49. The summed E-state index contributed by atoms with van der Waals surface area (Å²) in [5.41, 5.74) is 1.11. The van der Waals surface area contributed by atoms with Gasteiger partial charge < -0.3 is 20.1 Å². The van der Waals surface area contributed by atoms with Gasteiger partial charge >= 0.3 is 0 Å². The van der Waals surface area contributed by atoms with E-state index in [-0.39, 0.29) is 12.7 Å². The third-order valence-electron chi connectivity index (χ3n) is 3.76. The van der Waals surface area contributed by atoms with E-state index in [9.17, 15) is 0 Å². The number of aliphatic hydroxyl groups excluding tert-OH is 1. The second-order valence-corrected chi connectivity index (χ2v) is 5.38. The van der Waals surface area contributed by atoms with Crippen LogP contribution in [0.4, 0.5) is 11.6 Å². The number of anilines is 2. The van der Waals surface area contributed by atoms with E-state index in [4.69, 9.17) is 9.84 Å². The highest BCUT2D eigenvalue weighted by Crippen LogP contribution is 2.26. The highest BCUT2D eigenvalue weighted by molar-refractivity contribution is 5.58. The lowest BCUT2D eigenvalue weighted by atomic mass is 10.1. The zero-order valence-electron chi connectivity index (χ0n) is 13.2. The van der Waals surface area contributed by atoms with Gasteiger partial charge in [0, 0.05) is 25.2 Å². The standard InChI is InChI=1S/C15H26N4O2/c1-4-16-14-11(2)15(18-12(3)17-14)19-7-5-13(6-8-19)21-10-9-20/h13,20H,4-10H2,1-3H3,(H,16,17,18). The van der Waals surface area contributed by atoms with Gasteiger partial charge in [-0.05, 0) is 33.6 Å². The van der Waals surface area contributed by atoms with E-state index < -0.39 is 0 Å². The van der Waals surface area contributed by atoms with Crippen LogP contribution in [0.1, 0.15) is 31.2 Å². The number of ether oxygens (including phenoxy) is 1. The fourth-order valence-electron chi connectivity index (χ4n) is 2.71. The maximum absolute atomic E-state index is 8.82. The molecule has 1 aliphatic rings. The van der Waals surface area contributed by atoms with Gasteiger partial charge in [-0.25, -0.2) is 9.97 Å². The van der Waals surface area contributed by atoms with Crippen LogP contribution in [-0.4, -0.2) is 54.0 Å². The van der Waals surface area contributed by atoms with Crippen molar-refractivity contribution >= 4 is 11.6 Å². The molecule has 0 unspecified atom stereocenters. The second-order valence-electron chi connectivity index (χ2n) is 5.38. The Morgan fingerprint density at radius 1 is 1.29 bits per heavy atom. The fourth-order valence-corrected chi connectivity index (χ4v) is 2.71. The first-order chi connectivity index (χ1) is 10.2. The van der Waals surface area contributed by atoms with Crippen LogP contribution in [0.15, 0.2) is 0 Å². The Morgan fingerprint density at radius 3 is 2.62 bits per heavy atom. The number of hydrogen-bond acceptors (Lipinski definition) is 6. The van der Waals surface area contributed by atoms with Crippen molar-refractivity contribution in [3.8, 4) is 0 Å². The van der Waals surface area contributed by atoms with Gasteiger partial charge in [0.25, 0.3) is 0 Å². The van der Waals surface area contributed by atoms with Crippen LogP contribution >= 0.6 is 0 Å². The van der Waals surface area contributed by atoms with Crippen molar-refractivity contribution in [2.45, 2.75) is 39.7 Å². The predicted molar refractivity (Wildman–Crippen MR) is 83.9 cm³/mol. The van der Waals surface area contributed by atoms with Gasteiger partial charge in [0.2, 0.25) is 0 Å². The molecule has 0 radical (unpaired) electrons. The number of aromatic nitrogens is 2. The van der Waals surface area contributed by atoms with Crippen molar-refractivity contribution < 1.29 is 9.84 Å². The minimum atomic E-state index is 0.0937. The zero-order valence-corrected chi connectivity index (χ0v) is 13.2. The molecule has 0 bridgehead atoms. The van der Waals surface area contributed by atoms with Gasteiger partial charge in [-0.3, -0.25) is 0 Å². The van der Waals surface area contributed by atoms with Crippen LogP contribution in [-0.2, 0) is 4.74 Å². The minimum absolute atomic E-state index is 0.0937. The molecule has 0 aliphatic carbocycles. The van der Waals surface area contributed by atoms with E-state index in [1.807, 2.05) is 6.92 Å². The van der Waals surface area contributed by atoms with Crippen LogP contribution in [0.3, 0.4) is 0 Å². The van der Waals surface area contributed by atoms with Gasteiger partial charge in [-0.15, -0.1) is 0 Å². The highest BCUT2D eigenvalue weighted by atomic mass is 16.5. The first kappa shape index (κ1) is 16.0. The smallest absolute Gasteiger partial charge is 0.137 e. The molecule has 2 heterocycles. The van der Waals surface area contributed by atoms with Gasteiger partial charge in [0.15, 0.2) is 0 Å². The Bertz CT molecular complexity index is 459. The van der Waals surface area contributed by atoms with Crippen molar-refractivity contribution in [3.63, 3.8) is 0 Å². The Balaban J connectivity index is 2.06. The van der Waals surface area contributed by atoms with E-state index in [1.54, 1.807) is 0 Å². The summed E-state index contributed by atoms with van der Waals surface area (Å²) in [7, 11) is 0. The average molecular weight is 294 g/mol. The molecular weight excluding hydrogens is 268 g/mol. The summed E-state index contributed by atoms with van der Waals surface area (Å²) in [6.45, 7) is 9.31. The van der Waals surface area contributed by atoms with Crippen LogP contribution in [0, 0.1) is 13.8 Å². The molecule has 1 fully saturated rings. The summed E-state index contributed by atoms with van der Waals surface area (Å²) in [5, 5.41) is 12.1. The molecule has 21 heavy (non-hydrogen) atoms. The molecule has 6 heteroatoms. The highest BCUT2D eigenvalue weighted by Gasteiger charge is 2.23. The second kappa shape index (κ2) is 7.56. The normalized spacial score (nSPS) is 16.3. The number of hydrogen-bond donors (Lipinski definition) is 2. The molecule has 0 saturated carbocycles. The lowest BCUT2D eigenvalue weighted by Gasteiger charge is -2.33. The number of aliphatic hydroxyl groups is 1. The Morgan fingerprint density at radius 2 is 2.00 bits per heavy atom. The van der Waals surface area contributed by atoms with E-state index in [0.29, 0.717) is 6.61 Å². The molecule has 118 valence electrons. The minimum Gasteiger partial charge on any atom is -0.394 e. The Kier molecular flexibility index (Phi) is 5.76. The molecule has 1 aromatic heterocycles. The van der Waals surface area contributed by atoms with Crippen molar-refractivity contribution in [1.82, 2.24) is 9.97 Å². The SMILES string of the molecule is CCNc1nc(C)nc(N2CCC(OCCO)CC2)c1C. The zero-order chi connectivity index (χ0) is 15.2. The lowest BCUT2D eigenvalue weighted by molar-refractivity contribution is 0.0158. The van der Waals surface area contributed by atoms with Gasteiger partial charge in [0.1, 0.15) is 17.5 Å². The fraction of sp³-hybridized carbons (Fsp3) is 0.733. The lowest BCUT2D eigenvalue weighted by Crippen LogP contribution is -2.38. The molecule has 2 N–H and O–H groups in total. The van der Waals surface area contributed by atoms with Crippen LogP contribution < -0.4 is 10.2 Å². The van der Waals surface area contributed by atoms with Gasteiger partial charge in [0.05, 0.1) is 19.3 Å². The first-order valence-corrected chi connectivity index (χ1v) is 7.72. The van der Waals surface area contributed by atoms with Crippen molar-refractivity contribution in [1.29, 1.82) is 0 Å². The molecule has 0 atom stereocenters. The predicted octanol–water partition coefficient (Wildman–Crippen LogP) is 1.50. The third-order valence-corrected chi connectivity index (χ3v) is 3.76. The van der Waals surface area contributed by atoms with E-state index in [2.05, 4.69) is 34.0 Å². The van der Waals surface area contributed by atoms with Crippen molar-refractivity contribution in [2.75, 3.05) is 43.1 Å². The Hall–Kier alpha value is -1.40. The summed E-state index contributed by atoms with van der Waals surface area (Å²) < 4.78 is 5.61. The number of rotatable bonds is 6. The summed E-state index contributed by atoms with van der Waals surface area (Å²) in [4.78, 5) is 11.4. The van der Waals surface area contributed by atoms with Crippen LogP contribution in [0.25, 0.3) is 0 Å². The van der Waals surface area contributed by atoms with E-state index in [1.165, 1.54) is 0 Å². The van der Waals surface area contributed by atoms with E-state index in [0.717, 1.165) is 55.5 Å². The summed E-state index contributed by atoms with van der Waals surface area (Å²) in [6.07, 6.45) is 2.20. The molecule has 2 rings (SSSR count). The topological polar surface area (TPSA) is 70.5 Å². The van der Waals surface area contributed by atoms with Gasteiger partial charge in [-0.1, -0.05) is 0 Å². The largest absolute Gasteiger partial charge is 0.394 e. The molecule has 0 spiro atoms. The van der Waals surface area contributed by atoms with Crippen molar-refractivity contribution in [2.24, 2.45) is 0 Å². The van der Waals surface area contributed by atoms with Crippen LogP contribution in [0.5, 0.6) is 0 Å². The Labute approximate surface area is 126 Å². The molecule has 6 nitrogen and oxygen atoms in total. The van der Waals surface area contributed by atoms with Gasteiger partial charge in [-0.2, -0.15) is 0 Å². The first-order valence-electron chi connectivity index (χ1n) is 7.72. The third kappa shape index (κ3) is 4.04. The van der Waals surface area contributed by atoms with Crippen molar-refractivity contribution in [3.05, 3.63) is 11.4 Å². The quantitative estimate of drug-likeness (QED) is 0.828. The summed E-state index contributed by atoms with van der Waals surface area (Å²) >= 11 is 0. The van der Waals surface area contributed by atoms with E-state index >= 15 is 0 Å². The molecule has 1 saturated heterocycles. The van der Waals surface area contributed by atoms with Crippen LogP contribution in [0.2, 0.25) is 0 Å². The number of nitrogens with zero attached hydrogens (tertiary/aromatic N) is 3. The maximum Gasteiger partial charge on any atom is 0.137 e. The number of nitrogens with one attached hydrogen (secondary N) is 1. The maximum atomic E-state index is 8.82. The number of piperidine rings is 1. The molecule has 0 aromatic carbocycles. The molecule has 0 amide bonds. The molecule has 1 aromatic rings. The molecule has 1 aliphatic heterocycles. The molecular formula is C15H26N4O2.